The molecule has 1 atom stereocenters. The van der Waals surface area contributed by atoms with E-state index < -0.39 is 18.1 Å². The quantitative estimate of drug-likeness (QED) is 0.705. The van der Waals surface area contributed by atoms with E-state index in [-0.39, 0.29) is 17.5 Å². The van der Waals surface area contributed by atoms with Crippen LogP contribution in [0, 0.1) is 11.8 Å². The molecule has 1 N–H and O–H groups in total. The third-order valence-corrected chi connectivity index (χ3v) is 3.72. The number of hydrogen-bond donors (Lipinski definition) is 1. The van der Waals surface area contributed by atoms with Crippen molar-refractivity contribution in [2.75, 3.05) is 6.61 Å². The van der Waals surface area contributed by atoms with Crippen LogP contribution < -0.4 is 5.32 Å². The molecule has 5 heteroatoms. The van der Waals surface area contributed by atoms with Gasteiger partial charge in [-0.1, -0.05) is 44.2 Å². The van der Waals surface area contributed by atoms with Crippen molar-refractivity contribution in [2.24, 2.45) is 11.8 Å². The van der Waals surface area contributed by atoms with Gasteiger partial charge in [0.2, 0.25) is 0 Å². The van der Waals surface area contributed by atoms with E-state index in [0.717, 1.165) is 5.56 Å². The summed E-state index contributed by atoms with van der Waals surface area (Å²) in [4.78, 5) is 35.7. The van der Waals surface area contributed by atoms with E-state index >= 15 is 0 Å². The molecule has 1 aromatic carbocycles. The van der Waals surface area contributed by atoms with Crippen LogP contribution in [0.5, 0.6) is 0 Å². The van der Waals surface area contributed by atoms with Crippen molar-refractivity contribution >= 4 is 17.7 Å². The van der Waals surface area contributed by atoms with Gasteiger partial charge in [-0.15, -0.1) is 0 Å². The first-order valence-corrected chi connectivity index (χ1v) is 8.29. The van der Waals surface area contributed by atoms with E-state index in [0.29, 0.717) is 19.4 Å². The van der Waals surface area contributed by atoms with Crippen LogP contribution in [0.15, 0.2) is 30.3 Å². The highest BCUT2D eigenvalue weighted by molar-refractivity contribution is 6.01. The molecule has 1 rings (SSSR count). The molecule has 1 amide bonds. The molecule has 1 aromatic rings. The molecule has 0 fully saturated rings. The number of carbonyl (C=O) groups excluding carboxylic acids is 3. The van der Waals surface area contributed by atoms with E-state index in [2.05, 4.69) is 5.32 Å². The van der Waals surface area contributed by atoms with E-state index in [9.17, 15) is 14.4 Å². The molecule has 0 saturated carbocycles. The highest BCUT2D eigenvalue weighted by atomic mass is 16.5. The largest absolute Gasteiger partial charge is 0.449 e. The minimum absolute atomic E-state index is 0.218. The Morgan fingerprint density at radius 3 is 2.12 bits per heavy atom. The van der Waals surface area contributed by atoms with Crippen molar-refractivity contribution < 1.29 is 19.1 Å². The number of alkyl carbamates (subject to hydrolysis) is 1. The van der Waals surface area contributed by atoms with Crippen LogP contribution in [0.2, 0.25) is 0 Å². The highest BCUT2D eigenvalue weighted by Crippen LogP contribution is 2.15. The summed E-state index contributed by atoms with van der Waals surface area (Å²) < 4.78 is 5.12. The Labute approximate surface area is 143 Å². The number of benzene rings is 1. The third-order valence-electron chi connectivity index (χ3n) is 3.72. The summed E-state index contributed by atoms with van der Waals surface area (Å²) >= 11 is 0. The van der Waals surface area contributed by atoms with Crippen molar-refractivity contribution in [1.29, 1.82) is 0 Å². The SMILES string of the molecule is CC(=O)C(C(C)=O)[C@H](CCc1ccccc1)NC(=O)OCC(C)C. The Bertz CT molecular complexity index is 540. The number of Topliss-reactive ketones (excluding diaryl/α,β-unsaturated/α-hetero) is 2. The lowest BCUT2D eigenvalue weighted by Gasteiger charge is -2.24. The summed E-state index contributed by atoms with van der Waals surface area (Å²) in [5, 5.41) is 2.70. The summed E-state index contributed by atoms with van der Waals surface area (Å²) in [5.41, 5.74) is 1.09. The minimum Gasteiger partial charge on any atom is -0.449 e. The first-order valence-electron chi connectivity index (χ1n) is 8.29. The van der Waals surface area contributed by atoms with Crippen LogP contribution in [0.3, 0.4) is 0 Å². The summed E-state index contributed by atoms with van der Waals surface area (Å²) in [6, 6.07) is 9.18. The van der Waals surface area contributed by atoms with Gasteiger partial charge in [0.05, 0.1) is 12.5 Å². The monoisotopic (exact) mass is 333 g/mol. The van der Waals surface area contributed by atoms with E-state index in [1.165, 1.54) is 13.8 Å². The zero-order valence-electron chi connectivity index (χ0n) is 14.9. The molecule has 0 unspecified atom stereocenters. The Morgan fingerprint density at radius 2 is 1.62 bits per heavy atom. The van der Waals surface area contributed by atoms with Crippen LogP contribution in [0.1, 0.15) is 39.7 Å². The van der Waals surface area contributed by atoms with Gasteiger partial charge < -0.3 is 10.1 Å². The molecule has 5 nitrogen and oxygen atoms in total. The van der Waals surface area contributed by atoms with Crippen molar-refractivity contribution in [3.63, 3.8) is 0 Å². The standard InChI is InChI=1S/C19H27NO4/c1-13(2)12-24-19(23)20-17(18(14(3)21)15(4)22)11-10-16-8-6-5-7-9-16/h5-9,13,17-18H,10-12H2,1-4H3,(H,20,23)/t17-/m0/s1. The van der Waals surface area contributed by atoms with Gasteiger partial charge in [0.15, 0.2) is 0 Å². The Hall–Kier alpha value is -2.17. The van der Waals surface area contributed by atoms with Crippen LogP contribution in [0.25, 0.3) is 0 Å². The lowest BCUT2D eigenvalue weighted by molar-refractivity contribution is -0.131. The van der Waals surface area contributed by atoms with E-state index in [1.54, 1.807) is 0 Å². The Balaban J connectivity index is 2.79. The minimum atomic E-state index is -0.847. The molecule has 0 spiro atoms. The van der Waals surface area contributed by atoms with Crippen LogP contribution >= 0.6 is 0 Å². The van der Waals surface area contributed by atoms with E-state index in [1.807, 2.05) is 44.2 Å². The van der Waals surface area contributed by atoms with Gasteiger partial charge in [-0.25, -0.2) is 4.79 Å². The lowest BCUT2D eigenvalue weighted by atomic mass is 9.88. The number of carbonyl (C=O) groups is 3. The fourth-order valence-electron chi connectivity index (χ4n) is 2.58. The average Bonchev–Trinajstić information content (AvgIpc) is 2.51. The molecule has 0 aromatic heterocycles. The van der Waals surface area contributed by atoms with Gasteiger partial charge in [0.1, 0.15) is 11.6 Å². The number of nitrogens with one attached hydrogen (secondary N) is 1. The zero-order chi connectivity index (χ0) is 18.1. The summed E-state index contributed by atoms with van der Waals surface area (Å²) in [6.07, 6.45) is 0.562. The number of amides is 1. The second kappa shape index (κ2) is 9.85. The Kier molecular flexibility index (Phi) is 8.16. The van der Waals surface area contributed by atoms with Gasteiger partial charge in [-0.3, -0.25) is 9.59 Å². The van der Waals surface area contributed by atoms with Gasteiger partial charge in [-0.2, -0.15) is 0 Å². The van der Waals surface area contributed by atoms with Gasteiger partial charge in [-0.05, 0) is 38.2 Å². The maximum atomic E-state index is 12.0. The maximum absolute atomic E-state index is 12.0. The summed E-state index contributed by atoms with van der Waals surface area (Å²) in [7, 11) is 0. The molecule has 0 saturated heterocycles. The van der Waals surface area contributed by atoms with Gasteiger partial charge >= 0.3 is 6.09 Å². The molecule has 24 heavy (non-hydrogen) atoms. The fourth-order valence-corrected chi connectivity index (χ4v) is 2.58. The lowest BCUT2D eigenvalue weighted by Crippen LogP contribution is -2.46. The van der Waals surface area contributed by atoms with Crippen molar-refractivity contribution in [1.82, 2.24) is 5.32 Å². The van der Waals surface area contributed by atoms with Crippen LogP contribution in [0.4, 0.5) is 4.79 Å². The number of ether oxygens (including phenoxy) is 1. The zero-order valence-corrected chi connectivity index (χ0v) is 14.9. The smallest absolute Gasteiger partial charge is 0.407 e. The van der Waals surface area contributed by atoms with Gasteiger partial charge in [0, 0.05) is 6.04 Å². The first kappa shape index (κ1) is 19.9. The van der Waals surface area contributed by atoms with Crippen LogP contribution in [-0.2, 0) is 20.7 Å². The molecule has 0 aliphatic heterocycles. The molecule has 0 aliphatic rings. The summed E-state index contributed by atoms with van der Waals surface area (Å²) in [6.45, 7) is 6.93. The van der Waals surface area contributed by atoms with Crippen molar-refractivity contribution in [2.45, 2.75) is 46.6 Å². The molecule has 132 valence electrons. The Morgan fingerprint density at radius 1 is 1.04 bits per heavy atom. The second-order valence-corrected chi connectivity index (χ2v) is 6.47. The van der Waals surface area contributed by atoms with Crippen molar-refractivity contribution in [3.8, 4) is 0 Å². The normalized spacial score (nSPS) is 12.1. The molecule has 0 radical (unpaired) electrons. The maximum Gasteiger partial charge on any atom is 0.407 e. The topological polar surface area (TPSA) is 72.5 Å². The second-order valence-electron chi connectivity index (χ2n) is 6.47. The molecule has 0 aliphatic carbocycles. The average molecular weight is 333 g/mol. The molecule has 0 heterocycles. The van der Waals surface area contributed by atoms with E-state index in [4.69, 9.17) is 4.74 Å². The highest BCUT2D eigenvalue weighted by Gasteiger charge is 2.31. The molecular formula is C19H27NO4. The number of ketones is 2. The first-order chi connectivity index (χ1) is 11.3. The van der Waals surface area contributed by atoms with Crippen molar-refractivity contribution in [3.05, 3.63) is 35.9 Å². The molecule has 0 bridgehead atoms. The number of aryl methyl sites for hydroxylation is 1. The molecular weight excluding hydrogens is 306 g/mol. The number of hydrogen-bond acceptors (Lipinski definition) is 4. The predicted molar refractivity (Wildman–Crippen MR) is 92.7 cm³/mol. The summed E-state index contributed by atoms with van der Waals surface area (Å²) in [5.74, 6) is -1.12. The van der Waals surface area contributed by atoms with Gasteiger partial charge in [0.25, 0.3) is 0 Å². The number of rotatable bonds is 9. The fraction of sp³-hybridized carbons (Fsp3) is 0.526. The predicted octanol–water partition coefficient (Wildman–Crippen LogP) is 3.16. The third kappa shape index (κ3) is 6.94. The van der Waals surface area contributed by atoms with Crippen LogP contribution in [-0.4, -0.2) is 30.3 Å².